The van der Waals surface area contributed by atoms with Gasteiger partial charge in [0.2, 0.25) is 6.10 Å². The van der Waals surface area contributed by atoms with E-state index in [1.807, 2.05) is 42.5 Å². The Morgan fingerprint density at radius 2 is 2.00 bits per heavy atom. The molecule has 0 unspecified atom stereocenters. The average Bonchev–Trinajstić information content (AvgIpc) is 2.66. The van der Waals surface area contributed by atoms with E-state index >= 15 is 0 Å². The van der Waals surface area contributed by atoms with Gasteiger partial charge in [-0.15, -0.1) is 0 Å². The van der Waals surface area contributed by atoms with E-state index in [1.54, 1.807) is 12.0 Å². The fourth-order valence-corrected chi connectivity index (χ4v) is 3.32. The van der Waals surface area contributed by atoms with Gasteiger partial charge in [-0.05, 0) is 36.6 Å². The van der Waals surface area contributed by atoms with Gasteiger partial charge in [-0.1, -0.05) is 24.3 Å². The number of methoxy groups -OCH3 is 1. The Bertz CT molecular complexity index is 759. The van der Waals surface area contributed by atoms with Gasteiger partial charge in [0.05, 0.1) is 12.8 Å². The number of carbonyl (C=O) groups excluding carboxylic acids is 1. The molecule has 1 atom stereocenters. The molecule has 0 radical (unpaired) electrons. The highest BCUT2D eigenvalue weighted by Crippen LogP contribution is 2.38. The average molecular weight is 325 g/mol. The lowest BCUT2D eigenvalue weighted by Gasteiger charge is -2.34. The van der Waals surface area contributed by atoms with E-state index in [-0.39, 0.29) is 12.5 Å². The number of amides is 1. The number of nitrogens with zero attached hydrogens (tertiary/aromatic N) is 1. The van der Waals surface area contributed by atoms with E-state index in [2.05, 4.69) is 0 Å². The van der Waals surface area contributed by atoms with Crippen molar-refractivity contribution in [2.24, 2.45) is 0 Å². The van der Waals surface area contributed by atoms with Gasteiger partial charge in [0.25, 0.3) is 5.91 Å². The summed E-state index contributed by atoms with van der Waals surface area (Å²) in [5.41, 5.74) is 1.99. The molecule has 0 saturated heterocycles. The van der Waals surface area contributed by atoms with Gasteiger partial charge >= 0.3 is 0 Å². The van der Waals surface area contributed by atoms with Gasteiger partial charge in [0, 0.05) is 6.54 Å². The van der Waals surface area contributed by atoms with Crippen molar-refractivity contribution in [2.45, 2.75) is 18.9 Å². The maximum absolute atomic E-state index is 13.1. The number of hydrogen-bond acceptors (Lipinski definition) is 4. The fourth-order valence-electron chi connectivity index (χ4n) is 3.32. The summed E-state index contributed by atoms with van der Waals surface area (Å²) >= 11 is 0. The first-order valence-corrected chi connectivity index (χ1v) is 8.13. The zero-order valence-electron chi connectivity index (χ0n) is 13.5. The summed E-state index contributed by atoms with van der Waals surface area (Å²) in [4.78, 5) is 14.8. The minimum absolute atomic E-state index is 0.0880. The van der Waals surface area contributed by atoms with Crippen LogP contribution in [0.15, 0.2) is 42.5 Å². The third kappa shape index (κ3) is 2.46. The SMILES string of the molecule is COc1cccc2c1N(C(=O)[C@H]1COc3ccccc3O1)CCC2. The van der Waals surface area contributed by atoms with Crippen LogP contribution in [0.5, 0.6) is 17.2 Å². The minimum Gasteiger partial charge on any atom is -0.495 e. The highest BCUT2D eigenvalue weighted by molar-refractivity contribution is 5.99. The first-order chi connectivity index (χ1) is 11.8. The molecule has 124 valence electrons. The number of carbonyl (C=O) groups is 1. The van der Waals surface area contributed by atoms with E-state index < -0.39 is 6.10 Å². The van der Waals surface area contributed by atoms with E-state index in [0.717, 1.165) is 29.8 Å². The van der Waals surface area contributed by atoms with Crippen LogP contribution >= 0.6 is 0 Å². The minimum atomic E-state index is -0.643. The second-order valence-electron chi connectivity index (χ2n) is 5.93. The van der Waals surface area contributed by atoms with Crippen molar-refractivity contribution in [3.63, 3.8) is 0 Å². The molecule has 2 aliphatic rings. The third-order valence-corrected chi connectivity index (χ3v) is 4.45. The summed E-state index contributed by atoms with van der Waals surface area (Å²) in [6.07, 6.45) is 1.23. The number of hydrogen-bond donors (Lipinski definition) is 0. The lowest BCUT2D eigenvalue weighted by Crippen LogP contribution is -2.48. The number of anilines is 1. The molecular weight excluding hydrogens is 306 g/mol. The maximum atomic E-state index is 13.1. The molecule has 0 aliphatic carbocycles. The Labute approximate surface area is 140 Å². The first-order valence-electron chi connectivity index (χ1n) is 8.13. The summed E-state index contributed by atoms with van der Waals surface area (Å²) < 4.78 is 17.0. The number of ether oxygens (including phenoxy) is 3. The molecule has 1 amide bonds. The highest BCUT2D eigenvalue weighted by atomic mass is 16.6. The predicted octanol–water partition coefficient (Wildman–Crippen LogP) is 2.81. The number of para-hydroxylation sites is 3. The molecule has 0 spiro atoms. The topological polar surface area (TPSA) is 48.0 Å². The third-order valence-electron chi connectivity index (χ3n) is 4.45. The van der Waals surface area contributed by atoms with Crippen molar-refractivity contribution < 1.29 is 19.0 Å². The van der Waals surface area contributed by atoms with Crippen LogP contribution in [0, 0.1) is 0 Å². The van der Waals surface area contributed by atoms with Gasteiger partial charge in [0.1, 0.15) is 12.4 Å². The second-order valence-corrected chi connectivity index (χ2v) is 5.93. The molecule has 4 rings (SSSR count). The van der Waals surface area contributed by atoms with Gasteiger partial charge in [-0.2, -0.15) is 0 Å². The Hall–Kier alpha value is -2.69. The van der Waals surface area contributed by atoms with Crippen molar-refractivity contribution >= 4 is 11.6 Å². The largest absolute Gasteiger partial charge is 0.495 e. The highest BCUT2D eigenvalue weighted by Gasteiger charge is 2.35. The number of benzene rings is 2. The van der Waals surface area contributed by atoms with Crippen molar-refractivity contribution in [1.29, 1.82) is 0 Å². The van der Waals surface area contributed by atoms with Crippen LogP contribution in [0.3, 0.4) is 0 Å². The van der Waals surface area contributed by atoms with Crippen LogP contribution in [0.4, 0.5) is 5.69 Å². The number of fused-ring (bicyclic) bond motifs is 2. The standard InChI is InChI=1S/C19H19NO4/c1-22-16-10-4-6-13-7-5-11-20(18(13)16)19(21)17-12-23-14-8-2-3-9-15(14)24-17/h2-4,6,8-10,17H,5,7,11-12H2,1H3/t17-/m1/s1. The van der Waals surface area contributed by atoms with Crippen LogP contribution in [0.25, 0.3) is 0 Å². The van der Waals surface area contributed by atoms with E-state index in [1.165, 1.54) is 0 Å². The lowest BCUT2D eigenvalue weighted by molar-refractivity contribution is -0.127. The fraction of sp³-hybridized carbons (Fsp3) is 0.316. The van der Waals surface area contributed by atoms with Crippen LogP contribution in [-0.2, 0) is 11.2 Å². The van der Waals surface area contributed by atoms with E-state index in [9.17, 15) is 4.79 Å². The van der Waals surface area contributed by atoms with Crippen LogP contribution < -0.4 is 19.1 Å². The van der Waals surface area contributed by atoms with Gasteiger partial charge in [-0.3, -0.25) is 4.79 Å². The predicted molar refractivity (Wildman–Crippen MR) is 90.0 cm³/mol. The number of aryl methyl sites for hydroxylation is 1. The molecule has 0 N–H and O–H groups in total. The Morgan fingerprint density at radius 3 is 2.83 bits per heavy atom. The van der Waals surface area contributed by atoms with Gasteiger partial charge < -0.3 is 19.1 Å². The zero-order chi connectivity index (χ0) is 16.5. The lowest BCUT2D eigenvalue weighted by atomic mass is 10.0. The zero-order valence-corrected chi connectivity index (χ0v) is 13.5. The Morgan fingerprint density at radius 1 is 1.17 bits per heavy atom. The van der Waals surface area contributed by atoms with Crippen molar-refractivity contribution in [3.8, 4) is 17.2 Å². The van der Waals surface area contributed by atoms with E-state index in [4.69, 9.17) is 14.2 Å². The van der Waals surface area contributed by atoms with E-state index in [0.29, 0.717) is 18.0 Å². The summed E-state index contributed by atoms with van der Waals surface area (Å²) in [5, 5.41) is 0. The van der Waals surface area contributed by atoms with Gasteiger partial charge in [-0.25, -0.2) is 0 Å². The molecule has 5 nitrogen and oxygen atoms in total. The summed E-state index contributed by atoms with van der Waals surface area (Å²) in [5.74, 6) is 1.92. The molecule has 0 bridgehead atoms. The second kappa shape index (κ2) is 6.07. The number of rotatable bonds is 2. The Kier molecular flexibility index (Phi) is 3.76. The molecule has 2 aromatic rings. The molecule has 24 heavy (non-hydrogen) atoms. The summed E-state index contributed by atoms with van der Waals surface area (Å²) in [6.45, 7) is 0.880. The van der Waals surface area contributed by atoms with Crippen LogP contribution in [0.1, 0.15) is 12.0 Å². The molecule has 2 aromatic carbocycles. The summed E-state index contributed by atoms with van der Waals surface area (Å²) in [6, 6.07) is 13.3. The normalized spacial score (nSPS) is 18.7. The Balaban J connectivity index is 1.63. The molecular formula is C19H19NO4. The van der Waals surface area contributed by atoms with Crippen LogP contribution in [0.2, 0.25) is 0 Å². The first kappa shape index (κ1) is 14.9. The summed E-state index contributed by atoms with van der Waals surface area (Å²) in [7, 11) is 1.63. The quantitative estimate of drug-likeness (QED) is 0.852. The molecule has 2 heterocycles. The smallest absolute Gasteiger partial charge is 0.271 e. The molecule has 2 aliphatic heterocycles. The van der Waals surface area contributed by atoms with Crippen molar-refractivity contribution in [3.05, 3.63) is 48.0 Å². The van der Waals surface area contributed by atoms with Crippen molar-refractivity contribution in [1.82, 2.24) is 0 Å². The monoisotopic (exact) mass is 325 g/mol. The van der Waals surface area contributed by atoms with Crippen molar-refractivity contribution in [2.75, 3.05) is 25.2 Å². The maximum Gasteiger partial charge on any atom is 0.271 e. The molecule has 0 saturated carbocycles. The molecule has 5 heteroatoms. The molecule has 0 fully saturated rings. The van der Waals surface area contributed by atoms with Crippen LogP contribution in [-0.4, -0.2) is 32.3 Å². The van der Waals surface area contributed by atoms with Gasteiger partial charge in [0.15, 0.2) is 11.5 Å². The molecule has 0 aromatic heterocycles.